The molecule has 0 aliphatic heterocycles. The average Bonchev–Trinajstić information content (AvgIpc) is 1.98. The number of likely N-dealkylation sites (N-methyl/N-ethyl adjacent to an activating group) is 1. The van der Waals surface area contributed by atoms with Gasteiger partial charge in [-0.25, -0.2) is 0 Å². The van der Waals surface area contributed by atoms with Crippen LogP contribution >= 0.6 is 23.2 Å². The highest BCUT2D eigenvalue weighted by Crippen LogP contribution is 2.06. The molecule has 0 aromatic rings. The van der Waals surface area contributed by atoms with E-state index in [1.165, 1.54) is 4.90 Å². The molecular formula is C6H11Cl2NO2. The first-order chi connectivity index (χ1) is 5.13. The highest BCUT2D eigenvalue weighted by atomic mass is 35.5. The smallest absolute Gasteiger partial charge is 0.255 e. The molecule has 0 aliphatic carbocycles. The van der Waals surface area contributed by atoms with E-state index in [4.69, 9.17) is 28.3 Å². The summed E-state index contributed by atoms with van der Waals surface area (Å²) in [5.74, 6) is -0.357. The fourth-order valence-electron chi connectivity index (χ4n) is 0.683. The van der Waals surface area contributed by atoms with Gasteiger partial charge in [-0.1, -0.05) is 23.2 Å². The van der Waals surface area contributed by atoms with Gasteiger partial charge in [-0.3, -0.25) is 4.79 Å². The third-order valence-electron chi connectivity index (χ3n) is 1.25. The molecule has 3 nitrogen and oxygen atoms in total. The SMILES string of the molecule is CCN(CCO)C(=O)C(Cl)Cl. The van der Waals surface area contributed by atoms with Gasteiger partial charge < -0.3 is 10.0 Å². The topological polar surface area (TPSA) is 40.5 Å². The van der Waals surface area contributed by atoms with Crippen LogP contribution in [0.25, 0.3) is 0 Å². The van der Waals surface area contributed by atoms with Gasteiger partial charge in [0.25, 0.3) is 5.91 Å². The molecule has 0 aliphatic rings. The summed E-state index contributed by atoms with van der Waals surface area (Å²) in [7, 11) is 0. The monoisotopic (exact) mass is 199 g/mol. The average molecular weight is 200 g/mol. The van der Waals surface area contributed by atoms with Gasteiger partial charge in [0.15, 0.2) is 4.84 Å². The molecule has 1 amide bonds. The Balaban J connectivity index is 3.92. The van der Waals surface area contributed by atoms with Crippen LogP contribution in [-0.4, -0.2) is 40.4 Å². The molecule has 0 saturated heterocycles. The van der Waals surface area contributed by atoms with Crippen LogP contribution in [0.4, 0.5) is 0 Å². The Bertz CT molecular complexity index is 130. The van der Waals surface area contributed by atoms with Crippen molar-refractivity contribution in [3.8, 4) is 0 Å². The van der Waals surface area contributed by atoms with Crippen molar-refractivity contribution in [3.05, 3.63) is 0 Å². The molecule has 0 aromatic carbocycles. The maximum Gasteiger partial charge on any atom is 0.255 e. The summed E-state index contributed by atoms with van der Waals surface area (Å²) < 4.78 is 0. The highest BCUT2D eigenvalue weighted by Gasteiger charge is 2.17. The molecule has 11 heavy (non-hydrogen) atoms. The Morgan fingerprint density at radius 2 is 2.18 bits per heavy atom. The van der Waals surface area contributed by atoms with Crippen LogP contribution in [0, 0.1) is 0 Å². The normalized spacial score (nSPS) is 10.3. The van der Waals surface area contributed by atoms with Crippen molar-refractivity contribution in [1.82, 2.24) is 4.90 Å². The summed E-state index contributed by atoms with van der Waals surface area (Å²) in [4.78, 5) is 11.4. The van der Waals surface area contributed by atoms with Crippen molar-refractivity contribution in [2.24, 2.45) is 0 Å². The Hall–Kier alpha value is 0.01000. The summed E-state index contributed by atoms with van der Waals surface area (Å²) in [5.41, 5.74) is 0. The second kappa shape index (κ2) is 5.63. The molecule has 0 saturated carbocycles. The largest absolute Gasteiger partial charge is 0.395 e. The third kappa shape index (κ3) is 3.79. The van der Waals surface area contributed by atoms with Gasteiger partial charge in [-0.05, 0) is 6.92 Å². The van der Waals surface area contributed by atoms with Crippen molar-refractivity contribution in [2.45, 2.75) is 11.8 Å². The van der Waals surface area contributed by atoms with E-state index < -0.39 is 4.84 Å². The number of hydrogen-bond acceptors (Lipinski definition) is 2. The van der Waals surface area contributed by atoms with E-state index in [-0.39, 0.29) is 19.1 Å². The van der Waals surface area contributed by atoms with Crippen LogP contribution in [0.15, 0.2) is 0 Å². The van der Waals surface area contributed by atoms with E-state index in [0.717, 1.165) is 0 Å². The van der Waals surface area contributed by atoms with Gasteiger partial charge in [-0.2, -0.15) is 0 Å². The number of carbonyl (C=O) groups is 1. The zero-order valence-electron chi connectivity index (χ0n) is 6.26. The number of hydrogen-bond donors (Lipinski definition) is 1. The summed E-state index contributed by atoms with van der Waals surface area (Å²) in [6, 6.07) is 0. The van der Waals surface area contributed by atoms with E-state index in [1.807, 2.05) is 0 Å². The molecule has 5 heteroatoms. The van der Waals surface area contributed by atoms with Gasteiger partial charge >= 0.3 is 0 Å². The van der Waals surface area contributed by atoms with Crippen molar-refractivity contribution in [3.63, 3.8) is 0 Å². The molecule has 0 fully saturated rings. The zero-order valence-corrected chi connectivity index (χ0v) is 7.77. The van der Waals surface area contributed by atoms with Gasteiger partial charge in [0, 0.05) is 13.1 Å². The van der Waals surface area contributed by atoms with E-state index in [0.29, 0.717) is 6.54 Å². The molecule has 1 N–H and O–H groups in total. The van der Waals surface area contributed by atoms with Crippen molar-refractivity contribution >= 4 is 29.1 Å². The summed E-state index contributed by atoms with van der Waals surface area (Å²) in [6.07, 6.45) is 0. The van der Waals surface area contributed by atoms with Gasteiger partial charge in [0.05, 0.1) is 6.61 Å². The fraction of sp³-hybridized carbons (Fsp3) is 0.833. The van der Waals surface area contributed by atoms with Crippen LogP contribution < -0.4 is 0 Å². The predicted octanol–water partition coefficient (Wildman–Crippen LogP) is 0.631. The van der Waals surface area contributed by atoms with Crippen LogP contribution in [0.2, 0.25) is 0 Å². The Labute approximate surface area is 75.9 Å². The molecular weight excluding hydrogens is 189 g/mol. The van der Waals surface area contributed by atoms with Crippen molar-refractivity contribution in [1.29, 1.82) is 0 Å². The molecule has 0 aromatic heterocycles. The van der Waals surface area contributed by atoms with Crippen molar-refractivity contribution in [2.75, 3.05) is 19.7 Å². The molecule has 0 atom stereocenters. The maximum atomic E-state index is 11.0. The number of alkyl halides is 2. The fourth-order valence-corrected chi connectivity index (χ4v) is 0.959. The quantitative estimate of drug-likeness (QED) is 0.676. The van der Waals surface area contributed by atoms with Crippen molar-refractivity contribution < 1.29 is 9.90 Å². The van der Waals surface area contributed by atoms with Gasteiger partial charge in [0.2, 0.25) is 0 Å². The lowest BCUT2D eigenvalue weighted by Crippen LogP contribution is -2.36. The van der Waals surface area contributed by atoms with Crippen LogP contribution in [0.3, 0.4) is 0 Å². The molecule has 66 valence electrons. The lowest BCUT2D eigenvalue weighted by atomic mass is 10.5. The molecule has 0 bridgehead atoms. The number of carbonyl (C=O) groups excluding carboxylic acids is 1. The highest BCUT2D eigenvalue weighted by molar-refractivity contribution is 6.53. The van der Waals surface area contributed by atoms with Crippen LogP contribution in [0.1, 0.15) is 6.92 Å². The molecule has 0 unspecified atom stereocenters. The second-order valence-corrected chi connectivity index (χ2v) is 3.04. The predicted molar refractivity (Wildman–Crippen MR) is 44.8 cm³/mol. The Morgan fingerprint density at radius 1 is 1.64 bits per heavy atom. The summed E-state index contributed by atoms with van der Waals surface area (Å²) >= 11 is 10.7. The number of halogens is 2. The number of amides is 1. The minimum absolute atomic E-state index is 0.0694. The molecule has 0 heterocycles. The van der Waals surface area contributed by atoms with Crippen LogP contribution in [0.5, 0.6) is 0 Å². The number of nitrogens with zero attached hydrogens (tertiary/aromatic N) is 1. The van der Waals surface area contributed by atoms with E-state index in [2.05, 4.69) is 0 Å². The Morgan fingerprint density at radius 3 is 2.45 bits per heavy atom. The number of rotatable bonds is 4. The first-order valence-corrected chi connectivity index (χ1v) is 4.18. The summed E-state index contributed by atoms with van der Waals surface area (Å²) in [6.45, 7) is 2.52. The first kappa shape index (κ1) is 11.0. The van der Waals surface area contributed by atoms with Crippen LogP contribution in [-0.2, 0) is 4.79 Å². The third-order valence-corrected chi connectivity index (χ3v) is 1.62. The van der Waals surface area contributed by atoms with Gasteiger partial charge in [-0.15, -0.1) is 0 Å². The van der Waals surface area contributed by atoms with Gasteiger partial charge in [0.1, 0.15) is 0 Å². The second-order valence-electron chi connectivity index (χ2n) is 1.94. The number of aliphatic hydroxyl groups is 1. The minimum atomic E-state index is -1.03. The maximum absolute atomic E-state index is 11.0. The Kier molecular flexibility index (Phi) is 5.64. The first-order valence-electron chi connectivity index (χ1n) is 3.31. The molecule has 0 rings (SSSR count). The molecule has 0 spiro atoms. The van der Waals surface area contributed by atoms with E-state index >= 15 is 0 Å². The minimum Gasteiger partial charge on any atom is -0.395 e. The zero-order chi connectivity index (χ0) is 8.85. The molecule has 0 radical (unpaired) electrons. The van der Waals surface area contributed by atoms with E-state index in [9.17, 15) is 4.79 Å². The summed E-state index contributed by atoms with van der Waals surface area (Å²) in [5, 5.41) is 8.52. The lowest BCUT2D eigenvalue weighted by molar-refractivity contribution is -0.129. The van der Waals surface area contributed by atoms with E-state index in [1.54, 1.807) is 6.92 Å². The lowest BCUT2D eigenvalue weighted by Gasteiger charge is -2.19. The number of aliphatic hydroxyl groups excluding tert-OH is 1. The standard InChI is InChI=1S/C6H11Cl2NO2/c1-2-9(3-4-10)6(11)5(7)8/h5,10H,2-4H2,1H3.